The van der Waals surface area contributed by atoms with Crippen molar-refractivity contribution < 1.29 is 4.42 Å². The Kier molecular flexibility index (Phi) is 1.44. The topological polar surface area (TPSA) is 90.7 Å². The largest absolute Gasteiger partial charge is 0.403 e. The van der Waals surface area contributed by atoms with Gasteiger partial charge in [-0.25, -0.2) is 9.97 Å². The van der Waals surface area contributed by atoms with Crippen LogP contribution in [0.1, 0.15) is 0 Å². The van der Waals surface area contributed by atoms with Crippen molar-refractivity contribution in [2.24, 2.45) is 0 Å². The summed E-state index contributed by atoms with van der Waals surface area (Å²) in [6.07, 6.45) is 4.56. The van der Waals surface area contributed by atoms with Crippen molar-refractivity contribution in [1.82, 2.24) is 20.2 Å². The highest BCUT2D eigenvalue weighted by Gasteiger charge is 2.05. The van der Waals surface area contributed by atoms with Crippen LogP contribution in [0.25, 0.3) is 11.5 Å². The Morgan fingerprint density at radius 3 is 2.50 bits per heavy atom. The fourth-order valence-corrected chi connectivity index (χ4v) is 0.761. The minimum Gasteiger partial charge on any atom is -0.403 e. The number of nitrogens with two attached hydrogens (primary N) is 1. The molecule has 60 valence electrons. The van der Waals surface area contributed by atoms with Gasteiger partial charge < -0.3 is 10.2 Å². The van der Waals surface area contributed by atoms with Crippen LogP contribution in [0.3, 0.4) is 0 Å². The first-order valence-electron chi connectivity index (χ1n) is 3.20. The molecule has 0 aromatic carbocycles. The van der Waals surface area contributed by atoms with Crippen LogP contribution in [0.4, 0.5) is 6.01 Å². The van der Waals surface area contributed by atoms with Crippen LogP contribution in [0.2, 0.25) is 0 Å². The molecule has 6 heteroatoms. The summed E-state index contributed by atoms with van der Waals surface area (Å²) < 4.78 is 4.95. The first-order chi connectivity index (χ1) is 5.86. The van der Waals surface area contributed by atoms with Crippen LogP contribution < -0.4 is 5.73 Å². The Morgan fingerprint density at radius 1 is 1.17 bits per heavy atom. The van der Waals surface area contributed by atoms with Crippen LogP contribution in [-0.4, -0.2) is 20.2 Å². The average molecular weight is 163 g/mol. The Balaban J connectivity index is 2.45. The fourth-order valence-electron chi connectivity index (χ4n) is 0.761. The standard InChI is InChI=1S/C6H5N5O/c7-6-11-10-5(12-6)4-1-8-3-9-2-4/h1-3H,(H2,7,11). The number of hydrogen-bond acceptors (Lipinski definition) is 6. The highest BCUT2D eigenvalue weighted by atomic mass is 16.4. The van der Waals surface area contributed by atoms with Crippen molar-refractivity contribution in [3.63, 3.8) is 0 Å². The number of anilines is 1. The monoisotopic (exact) mass is 163 g/mol. The second-order valence-corrected chi connectivity index (χ2v) is 2.07. The molecule has 2 aromatic heterocycles. The van der Waals surface area contributed by atoms with Crippen molar-refractivity contribution >= 4 is 6.01 Å². The van der Waals surface area contributed by atoms with Gasteiger partial charge in [0.25, 0.3) is 5.89 Å². The highest BCUT2D eigenvalue weighted by molar-refractivity contribution is 5.49. The number of nitrogens with zero attached hydrogens (tertiary/aromatic N) is 4. The van der Waals surface area contributed by atoms with E-state index in [0.717, 1.165) is 0 Å². The summed E-state index contributed by atoms with van der Waals surface area (Å²) >= 11 is 0. The molecule has 0 fully saturated rings. The van der Waals surface area contributed by atoms with E-state index in [1.54, 1.807) is 12.4 Å². The number of nitrogen functional groups attached to an aromatic ring is 1. The van der Waals surface area contributed by atoms with E-state index in [2.05, 4.69) is 20.2 Å². The van der Waals surface area contributed by atoms with Crippen molar-refractivity contribution in [3.8, 4) is 11.5 Å². The van der Waals surface area contributed by atoms with Gasteiger partial charge in [0, 0.05) is 12.4 Å². The lowest BCUT2D eigenvalue weighted by molar-refractivity contribution is 0.589. The molecule has 0 bridgehead atoms. The van der Waals surface area contributed by atoms with E-state index < -0.39 is 0 Å². The van der Waals surface area contributed by atoms with Gasteiger partial charge in [-0.05, 0) is 0 Å². The van der Waals surface area contributed by atoms with E-state index >= 15 is 0 Å². The van der Waals surface area contributed by atoms with Crippen LogP contribution in [0.15, 0.2) is 23.1 Å². The molecule has 0 aliphatic rings. The highest BCUT2D eigenvalue weighted by Crippen LogP contribution is 2.14. The average Bonchev–Trinajstić information content (AvgIpc) is 2.54. The van der Waals surface area contributed by atoms with Crippen LogP contribution in [0, 0.1) is 0 Å². The summed E-state index contributed by atoms with van der Waals surface area (Å²) in [4.78, 5) is 7.58. The molecule has 2 heterocycles. The molecule has 0 aliphatic heterocycles. The quantitative estimate of drug-likeness (QED) is 0.641. The van der Waals surface area contributed by atoms with E-state index in [4.69, 9.17) is 10.2 Å². The van der Waals surface area contributed by atoms with Crippen LogP contribution >= 0.6 is 0 Å². The summed E-state index contributed by atoms with van der Waals surface area (Å²) in [5, 5.41) is 7.16. The second-order valence-electron chi connectivity index (χ2n) is 2.07. The zero-order valence-corrected chi connectivity index (χ0v) is 6.01. The summed E-state index contributed by atoms with van der Waals surface area (Å²) in [5.74, 6) is 0.327. The Labute approximate surface area is 67.5 Å². The minimum atomic E-state index is 0.0360. The Bertz CT molecular complexity index is 370. The molecule has 2 rings (SSSR count). The predicted molar refractivity (Wildman–Crippen MR) is 39.7 cm³/mol. The molecule has 12 heavy (non-hydrogen) atoms. The molecule has 0 amide bonds. The third kappa shape index (κ3) is 1.09. The number of rotatable bonds is 1. The molecule has 6 nitrogen and oxygen atoms in total. The summed E-state index contributed by atoms with van der Waals surface area (Å²) in [6.45, 7) is 0. The van der Waals surface area contributed by atoms with Gasteiger partial charge in [0.2, 0.25) is 0 Å². The maximum atomic E-state index is 5.23. The van der Waals surface area contributed by atoms with Crippen molar-refractivity contribution in [2.45, 2.75) is 0 Å². The van der Waals surface area contributed by atoms with Gasteiger partial charge in [0.15, 0.2) is 0 Å². The summed E-state index contributed by atoms with van der Waals surface area (Å²) in [5.41, 5.74) is 5.89. The second kappa shape index (κ2) is 2.57. The van der Waals surface area contributed by atoms with E-state index in [-0.39, 0.29) is 6.01 Å². The molecule has 0 saturated carbocycles. The van der Waals surface area contributed by atoms with E-state index in [1.165, 1.54) is 6.33 Å². The fraction of sp³-hybridized carbons (Fsp3) is 0. The molecule has 0 radical (unpaired) electrons. The molecule has 0 saturated heterocycles. The van der Waals surface area contributed by atoms with E-state index in [9.17, 15) is 0 Å². The molecule has 0 atom stereocenters. The molecular weight excluding hydrogens is 158 g/mol. The van der Waals surface area contributed by atoms with Gasteiger partial charge in [-0.1, -0.05) is 5.10 Å². The molecule has 2 N–H and O–H groups in total. The lowest BCUT2D eigenvalue weighted by Crippen LogP contribution is -1.81. The maximum absolute atomic E-state index is 5.23. The molecule has 0 aliphatic carbocycles. The maximum Gasteiger partial charge on any atom is 0.313 e. The molecule has 0 unspecified atom stereocenters. The SMILES string of the molecule is Nc1nnc(-c2cncnc2)o1. The van der Waals surface area contributed by atoms with Gasteiger partial charge in [-0.2, -0.15) is 0 Å². The van der Waals surface area contributed by atoms with Crippen LogP contribution in [0.5, 0.6) is 0 Å². The summed E-state index contributed by atoms with van der Waals surface area (Å²) in [6, 6.07) is 0.0360. The van der Waals surface area contributed by atoms with Crippen molar-refractivity contribution in [2.75, 3.05) is 5.73 Å². The molecular formula is C6H5N5O. The van der Waals surface area contributed by atoms with Crippen molar-refractivity contribution in [3.05, 3.63) is 18.7 Å². The van der Waals surface area contributed by atoms with Gasteiger partial charge in [-0.3, -0.25) is 0 Å². The molecule has 0 spiro atoms. The normalized spacial score (nSPS) is 10.0. The van der Waals surface area contributed by atoms with Crippen LogP contribution in [-0.2, 0) is 0 Å². The van der Waals surface area contributed by atoms with E-state index in [1.807, 2.05) is 0 Å². The van der Waals surface area contributed by atoms with Gasteiger partial charge >= 0.3 is 6.01 Å². The third-order valence-electron chi connectivity index (χ3n) is 1.25. The summed E-state index contributed by atoms with van der Waals surface area (Å²) in [7, 11) is 0. The van der Waals surface area contributed by atoms with Crippen molar-refractivity contribution in [1.29, 1.82) is 0 Å². The number of aromatic nitrogens is 4. The first kappa shape index (κ1) is 6.71. The van der Waals surface area contributed by atoms with Gasteiger partial charge in [0.1, 0.15) is 6.33 Å². The Hall–Kier alpha value is -1.98. The van der Waals surface area contributed by atoms with Gasteiger partial charge in [0.05, 0.1) is 5.56 Å². The van der Waals surface area contributed by atoms with E-state index in [0.29, 0.717) is 11.5 Å². The first-order valence-corrected chi connectivity index (χ1v) is 3.20. The number of hydrogen-bond donors (Lipinski definition) is 1. The third-order valence-corrected chi connectivity index (χ3v) is 1.25. The molecule has 2 aromatic rings. The smallest absolute Gasteiger partial charge is 0.313 e. The lowest BCUT2D eigenvalue weighted by atomic mass is 10.3. The van der Waals surface area contributed by atoms with Gasteiger partial charge in [-0.15, -0.1) is 5.10 Å². The Morgan fingerprint density at radius 2 is 1.92 bits per heavy atom. The predicted octanol–water partition coefficient (Wildman–Crippen LogP) is 0.109. The zero-order chi connectivity index (χ0) is 8.39. The minimum absolute atomic E-state index is 0.0360. The zero-order valence-electron chi connectivity index (χ0n) is 6.01. The lowest BCUT2D eigenvalue weighted by Gasteiger charge is -1.88.